The van der Waals surface area contributed by atoms with E-state index in [9.17, 15) is 4.79 Å². The summed E-state index contributed by atoms with van der Waals surface area (Å²) < 4.78 is 0. The molecule has 0 aliphatic heterocycles. The van der Waals surface area contributed by atoms with Crippen LogP contribution in [0.4, 0.5) is 5.69 Å². The number of likely N-dealkylation sites (N-methyl/N-ethyl adjacent to an activating group) is 1. The van der Waals surface area contributed by atoms with Crippen LogP contribution >= 0.6 is 11.6 Å². The number of hydrogen-bond donors (Lipinski definition) is 1. The first kappa shape index (κ1) is 12.5. The lowest BCUT2D eigenvalue weighted by Gasteiger charge is -2.11. The van der Waals surface area contributed by atoms with Gasteiger partial charge in [0.05, 0.1) is 28.9 Å². The van der Waals surface area contributed by atoms with E-state index in [4.69, 9.17) is 16.9 Å². The number of rotatable bonds is 3. The Bertz CT molecular complexity index is 437. The average Bonchev–Trinajstić information content (AvgIpc) is 2.20. The molecule has 16 heavy (non-hydrogen) atoms. The number of halogens is 1. The van der Waals surface area contributed by atoms with Crippen molar-refractivity contribution in [3.05, 3.63) is 28.8 Å². The van der Waals surface area contributed by atoms with E-state index >= 15 is 0 Å². The van der Waals surface area contributed by atoms with E-state index in [-0.39, 0.29) is 12.5 Å². The van der Waals surface area contributed by atoms with Gasteiger partial charge >= 0.3 is 0 Å². The molecule has 0 radical (unpaired) electrons. The molecule has 1 rings (SSSR count). The Balaban J connectivity index is 2.81. The van der Waals surface area contributed by atoms with Gasteiger partial charge in [-0.15, -0.1) is 0 Å². The molecule has 1 N–H and O–H groups in total. The molecule has 1 aromatic carbocycles. The van der Waals surface area contributed by atoms with Crippen molar-refractivity contribution in [2.75, 3.05) is 26.0 Å². The second kappa shape index (κ2) is 5.50. The fourth-order valence-corrected chi connectivity index (χ4v) is 1.33. The van der Waals surface area contributed by atoms with E-state index in [1.165, 1.54) is 0 Å². The van der Waals surface area contributed by atoms with Gasteiger partial charge in [0.25, 0.3) is 0 Å². The summed E-state index contributed by atoms with van der Waals surface area (Å²) in [5.74, 6) is -0.165. The lowest BCUT2D eigenvalue weighted by molar-refractivity contribution is -0.116. The zero-order valence-electron chi connectivity index (χ0n) is 9.12. The molecule has 0 spiro atoms. The van der Waals surface area contributed by atoms with Crippen molar-refractivity contribution in [1.29, 1.82) is 5.26 Å². The highest BCUT2D eigenvalue weighted by molar-refractivity contribution is 6.33. The van der Waals surface area contributed by atoms with Crippen LogP contribution in [0.25, 0.3) is 0 Å². The molecule has 0 aliphatic carbocycles. The van der Waals surface area contributed by atoms with Crippen LogP contribution in [0.1, 0.15) is 5.56 Å². The number of carbonyl (C=O) groups excluding carboxylic acids is 1. The minimum absolute atomic E-state index is 0.165. The Kier molecular flexibility index (Phi) is 4.29. The largest absolute Gasteiger partial charge is 0.324 e. The van der Waals surface area contributed by atoms with Crippen LogP contribution in [0.2, 0.25) is 5.02 Å². The molecule has 0 unspecified atom stereocenters. The zero-order valence-corrected chi connectivity index (χ0v) is 9.88. The van der Waals surface area contributed by atoms with Gasteiger partial charge in [0, 0.05) is 0 Å². The number of amides is 1. The minimum Gasteiger partial charge on any atom is -0.324 e. The second-order valence-electron chi connectivity index (χ2n) is 3.59. The Morgan fingerprint density at radius 2 is 2.25 bits per heavy atom. The quantitative estimate of drug-likeness (QED) is 0.871. The van der Waals surface area contributed by atoms with Gasteiger partial charge in [0.1, 0.15) is 0 Å². The van der Waals surface area contributed by atoms with Crippen molar-refractivity contribution in [2.24, 2.45) is 0 Å². The summed E-state index contributed by atoms with van der Waals surface area (Å²) in [6.45, 7) is 0.271. The highest BCUT2D eigenvalue weighted by Gasteiger charge is 2.07. The van der Waals surface area contributed by atoms with Gasteiger partial charge in [-0.3, -0.25) is 4.79 Å². The number of anilines is 1. The van der Waals surface area contributed by atoms with E-state index in [0.29, 0.717) is 16.3 Å². The predicted octanol–water partition coefficient (Wildman–Crippen LogP) is 1.71. The van der Waals surface area contributed by atoms with Crippen LogP contribution in [0.15, 0.2) is 18.2 Å². The first-order chi connectivity index (χ1) is 7.52. The van der Waals surface area contributed by atoms with Crippen LogP contribution in [-0.4, -0.2) is 31.4 Å². The van der Waals surface area contributed by atoms with Gasteiger partial charge in [-0.1, -0.05) is 11.6 Å². The number of hydrogen-bond acceptors (Lipinski definition) is 3. The Morgan fingerprint density at radius 3 is 2.81 bits per heavy atom. The van der Waals surface area contributed by atoms with Gasteiger partial charge in [-0.2, -0.15) is 5.26 Å². The molecule has 4 nitrogen and oxygen atoms in total. The lowest BCUT2D eigenvalue weighted by Crippen LogP contribution is -2.27. The third kappa shape index (κ3) is 3.54. The minimum atomic E-state index is -0.165. The van der Waals surface area contributed by atoms with E-state index in [1.54, 1.807) is 37.2 Å². The summed E-state index contributed by atoms with van der Waals surface area (Å²) in [4.78, 5) is 13.2. The van der Waals surface area contributed by atoms with E-state index in [2.05, 4.69) is 5.32 Å². The molecule has 1 aromatic rings. The van der Waals surface area contributed by atoms with E-state index in [1.807, 2.05) is 6.07 Å². The van der Waals surface area contributed by atoms with Gasteiger partial charge in [-0.05, 0) is 32.3 Å². The Labute approximate surface area is 99.4 Å². The third-order valence-electron chi connectivity index (χ3n) is 1.83. The zero-order chi connectivity index (χ0) is 12.1. The van der Waals surface area contributed by atoms with Crippen LogP contribution in [0.3, 0.4) is 0 Å². The van der Waals surface area contributed by atoms with Gasteiger partial charge in [-0.25, -0.2) is 0 Å². The number of carbonyl (C=O) groups is 1. The molecule has 0 aromatic heterocycles. The van der Waals surface area contributed by atoms with Crippen molar-refractivity contribution in [1.82, 2.24) is 4.90 Å². The first-order valence-corrected chi connectivity index (χ1v) is 5.05. The molecular formula is C11H12ClN3O. The van der Waals surface area contributed by atoms with Crippen molar-refractivity contribution in [3.63, 3.8) is 0 Å². The molecular weight excluding hydrogens is 226 g/mol. The molecule has 0 bridgehead atoms. The van der Waals surface area contributed by atoms with Crippen molar-refractivity contribution in [3.8, 4) is 6.07 Å². The SMILES string of the molecule is CN(C)CC(=O)Nc1cc(C#N)ccc1Cl. The highest BCUT2D eigenvalue weighted by Crippen LogP contribution is 2.22. The third-order valence-corrected chi connectivity index (χ3v) is 2.16. The molecule has 84 valence electrons. The monoisotopic (exact) mass is 237 g/mol. The van der Waals surface area contributed by atoms with E-state index in [0.717, 1.165) is 0 Å². The smallest absolute Gasteiger partial charge is 0.238 e. The predicted molar refractivity (Wildman–Crippen MR) is 63.4 cm³/mol. The van der Waals surface area contributed by atoms with E-state index < -0.39 is 0 Å². The van der Waals surface area contributed by atoms with Crippen LogP contribution in [-0.2, 0) is 4.79 Å². The second-order valence-corrected chi connectivity index (χ2v) is 4.00. The molecule has 0 fully saturated rings. The lowest BCUT2D eigenvalue weighted by atomic mass is 10.2. The topological polar surface area (TPSA) is 56.1 Å². The molecule has 0 saturated carbocycles. The van der Waals surface area contributed by atoms with Gasteiger partial charge in [0.15, 0.2) is 0 Å². The summed E-state index contributed by atoms with van der Waals surface area (Å²) in [5.41, 5.74) is 0.928. The standard InChI is InChI=1S/C11H12ClN3O/c1-15(2)7-11(16)14-10-5-8(6-13)3-4-9(10)12/h3-5H,7H2,1-2H3,(H,14,16). The fourth-order valence-electron chi connectivity index (χ4n) is 1.17. The number of benzene rings is 1. The van der Waals surface area contributed by atoms with Crippen LogP contribution in [0.5, 0.6) is 0 Å². The average molecular weight is 238 g/mol. The van der Waals surface area contributed by atoms with Crippen LogP contribution < -0.4 is 5.32 Å². The highest BCUT2D eigenvalue weighted by atomic mass is 35.5. The van der Waals surface area contributed by atoms with Crippen LogP contribution in [0, 0.1) is 11.3 Å². The summed E-state index contributed by atoms with van der Waals surface area (Å²) in [6.07, 6.45) is 0. The van der Waals surface area contributed by atoms with Crippen molar-refractivity contribution < 1.29 is 4.79 Å². The number of nitriles is 1. The Morgan fingerprint density at radius 1 is 1.56 bits per heavy atom. The maximum Gasteiger partial charge on any atom is 0.238 e. The molecule has 1 amide bonds. The summed E-state index contributed by atoms with van der Waals surface area (Å²) in [5, 5.41) is 11.8. The van der Waals surface area contributed by atoms with Crippen molar-refractivity contribution >= 4 is 23.2 Å². The molecule has 0 saturated heterocycles. The summed E-state index contributed by atoms with van der Waals surface area (Å²) >= 11 is 5.90. The molecule has 0 atom stereocenters. The van der Waals surface area contributed by atoms with Crippen molar-refractivity contribution in [2.45, 2.75) is 0 Å². The Hall–Kier alpha value is -1.57. The molecule has 0 heterocycles. The first-order valence-electron chi connectivity index (χ1n) is 4.67. The molecule has 5 heteroatoms. The normalized spacial score (nSPS) is 9.94. The number of nitrogens with zero attached hydrogens (tertiary/aromatic N) is 2. The number of nitrogens with one attached hydrogen (secondary N) is 1. The fraction of sp³-hybridized carbons (Fsp3) is 0.273. The maximum atomic E-state index is 11.5. The van der Waals surface area contributed by atoms with Gasteiger partial charge in [0.2, 0.25) is 5.91 Å². The van der Waals surface area contributed by atoms with Gasteiger partial charge < -0.3 is 10.2 Å². The summed E-state index contributed by atoms with van der Waals surface area (Å²) in [7, 11) is 3.60. The maximum absolute atomic E-state index is 11.5. The molecule has 0 aliphatic rings. The summed E-state index contributed by atoms with van der Waals surface area (Å²) in [6, 6.07) is 6.73.